The summed E-state index contributed by atoms with van der Waals surface area (Å²) in [7, 11) is 0. The number of benzene rings is 3. The molecule has 0 spiro atoms. The minimum atomic E-state index is -0.661. The third-order valence-corrected chi connectivity index (χ3v) is 4.04. The molecule has 3 rings (SSSR count). The summed E-state index contributed by atoms with van der Waals surface area (Å²) in [6.45, 7) is 0.250. The summed E-state index contributed by atoms with van der Waals surface area (Å²) in [6, 6.07) is 27.2. The van der Waals surface area contributed by atoms with Crippen molar-refractivity contribution in [2.24, 2.45) is 5.73 Å². The molecule has 2 N–H and O–H groups in total. The molecule has 0 saturated carbocycles. The Morgan fingerprint density at radius 2 is 1.31 bits per heavy atom. The van der Waals surface area contributed by atoms with Crippen LogP contribution >= 0.6 is 12.4 Å². The van der Waals surface area contributed by atoms with Gasteiger partial charge in [-0.15, -0.1) is 12.4 Å². The number of halogens is 1. The minimum absolute atomic E-state index is 0. The molecule has 0 aromatic heterocycles. The normalized spacial score (nSPS) is 11.3. The first-order valence-electron chi connectivity index (χ1n) is 8.33. The van der Waals surface area contributed by atoms with Gasteiger partial charge in [0.2, 0.25) is 0 Å². The number of hydrogen-bond acceptors (Lipinski definition) is 3. The second-order valence-corrected chi connectivity index (χ2v) is 5.97. The first-order chi connectivity index (χ1) is 12.2. The maximum absolute atomic E-state index is 12.1. The van der Waals surface area contributed by atoms with Crippen molar-refractivity contribution in [2.75, 3.05) is 0 Å². The smallest absolute Gasteiger partial charge is 0.323 e. The molecule has 0 heterocycles. The van der Waals surface area contributed by atoms with E-state index in [2.05, 4.69) is 12.1 Å². The molecule has 0 aliphatic carbocycles. The van der Waals surface area contributed by atoms with Crippen molar-refractivity contribution in [1.29, 1.82) is 0 Å². The van der Waals surface area contributed by atoms with Crippen molar-refractivity contribution in [3.63, 3.8) is 0 Å². The summed E-state index contributed by atoms with van der Waals surface area (Å²) in [4.78, 5) is 12.1. The molecule has 0 aliphatic rings. The van der Waals surface area contributed by atoms with E-state index in [1.54, 1.807) is 0 Å². The number of hydrogen-bond donors (Lipinski definition) is 1. The largest absolute Gasteiger partial charge is 0.460 e. The minimum Gasteiger partial charge on any atom is -0.460 e. The standard InChI is InChI=1S/C22H21NO2.ClH/c23-21(22(24)25-16-18-7-3-1-4-8-18)15-17-11-13-20(14-12-17)19-9-5-2-6-10-19;/h1-14,21H,15-16,23H2;1H. The third kappa shape index (κ3) is 5.45. The van der Waals surface area contributed by atoms with Crippen LogP contribution in [0.25, 0.3) is 11.1 Å². The van der Waals surface area contributed by atoms with Gasteiger partial charge in [0.25, 0.3) is 0 Å². The lowest BCUT2D eigenvalue weighted by molar-refractivity contribution is -0.146. The van der Waals surface area contributed by atoms with Crippen LogP contribution < -0.4 is 5.73 Å². The van der Waals surface area contributed by atoms with E-state index in [1.165, 1.54) is 5.56 Å². The number of esters is 1. The third-order valence-electron chi connectivity index (χ3n) is 4.04. The first kappa shape index (κ1) is 19.7. The van der Waals surface area contributed by atoms with Crippen LogP contribution in [0.15, 0.2) is 84.9 Å². The highest BCUT2D eigenvalue weighted by Crippen LogP contribution is 2.19. The summed E-state index contributed by atoms with van der Waals surface area (Å²) in [6.07, 6.45) is 0.461. The Bertz CT molecular complexity index is 805. The Labute approximate surface area is 160 Å². The van der Waals surface area contributed by atoms with E-state index in [1.807, 2.05) is 72.8 Å². The van der Waals surface area contributed by atoms with Gasteiger partial charge >= 0.3 is 5.97 Å². The molecule has 0 amide bonds. The van der Waals surface area contributed by atoms with E-state index >= 15 is 0 Å². The van der Waals surface area contributed by atoms with Crippen LogP contribution in [-0.4, -0.2) is 12.0 Å². The van der Waals surface area contributed by atoms with Crippen LogP contribution in [0.1, 0.15) is 11.1 Å². The van der Waals surface area contributed by atoms with Crippen molar-refractivity contribution in [1.82, 2.24) is 0 Å². The molecule has 0 saturated heterocycles. The molecule has 4 heteroatoms. The van der Waals surface area contributed by atoms with Crippen LogP contribution in [0.2, 0.25) is 0 Å². The quantitative estimate of drug-likeness (QED) is 0.657. The van der Waals surface area contributed by atoms with Crippen molar-refractivity contribution < 1.29 is 9.53 Å². The molecule has 134 valence electrons. The van der Waals surface area contributed by atoms with Crippen LogP contribution in [0.5, 0.6) is 0 Å². The van der Waals surface area contributed by atoms with Crippen molar-refractivity contribution in [3.8, 4) is 11.1 Å². The molecule has 3 aromatic carbocycles. The van der Waals surface area contributed by atoms with Crippen molar-refractivity contribution in [2.45, 2.75) is 19.1 Å². The molecule has 1 unspecified atom stereocenters. The van der Waals surface area contributed by atoms with Gasteiger partial charge < -0.3 is 10.5 Å². The lowest BCUT2D eigenvalue weighted by Gasteiger charge is -2.12. The van der Waals surface area contributed by atoms with E-state index in [-0.39, 0.29) is 25.0 Å². The lowest BCUT2D eigenvalue weighted by Crippen LogP contribution is -2.34. The molecule has 3 nitrogen and oxygen atoms in total. The molecule has 0 bridgehead atoms. The Kier molecular flexibility index (Phi) is 7.39. The molecular formula is C22H22ClNO2. The average molecular weight is 368 g/mol. The van der Waals surface area contributed by atoms with E-state index in [0.29, 0.717) is 6.42 Å². The zero-order valence-corrected chi connectivity index (χ0v) is 15.2. The van der Waals surface area contributed by atoms with Gasteiger partial charge in [-0.05, 0) is 28.7 Å². The van der Waals surface area contributed by atoms with Crippen LogP contribution in [0.3, 0.4) is 0 Å². The highest BCUT2D eigenvalue weighted by molar-refractivity contribution is 5.85. The fourth-order valence-corrected chi connectivity index (χ4v) is 2.64. The lowest BCUT2D eigenvalue weighted by atomic mass is 10.0. The van der Waals surface area contributed by atoms with Crippen molar-refractivity contribution in [3.05, 3.63) is 96.1 Å². The summed E-state index contributed by atoms with van der Waals surface area (Å²) in [5.74, 6) is -0.379. The molecule has 0 fully saturated rings. The fraction of sp³-hybridized carbons (Fsp3) is 0.136. The zero-order chi connectivity index (χ0) is 17.5. The Morgan fingerprint density at radius 3 is 1.92 bits per heavy atom. The van der Waals surface area contributed by atoms with Gasteiger partial charge in [0.1, 0.15) is 12.6 Å². The van der Waals surface area contributed by atoms with Gasteiger partial charge in [0, 0.05) is 0 Å². The summed E-state index contributed by atoms with van der Waals surface area (Å²) < 4.78 is 5.29. The van der Waals surface area contributed by atoms with Gasteiger partial charge in [-0.3, -0.25) is 4.79 Å². The second kappa shape index (κ2) is 9.76. The summed E-state index contributed by atoms with van der Waals surface area (Å²) in [5.41, 5.74) is 10.3. The van der Waals surface area contributed by atoms with Gasteiger partial charge in [-0.25, -0.2) is 0 Å². The predicted molar refractivity (Wildman–Crippen MR) is 107 cm³/mol. The number of nitrogens with two attached hydrogens (primary N) is 1. The SMILES string of the molecule is Cl.NC(Cc1ccc(-c2ccccc2)cc1)C(=O)OCc1ccccc1. The Hall–Kier alpha value is -2.62. The van der Waals surface area contributed by atoms with E-state index in [0.717, 1.165) is 16.7 Å². The summed E-state index contributed by atoms with van der Waals surface area (Å²) in [5, 5.41) is 0. The van der Waals surface area contributed by atoms with Gasteiger partial charge in [-0.2, -0.15) is 0 Å². The number of carbonyl (C=O) groups excluding carboxylic acids is 1. The van der Waals surface area contributed by atoms with E-state index in [4.69, 9.17) is 10.5 Å². The topological polar surface area (TPSA) is 52.3 Å². The number of rotatable bonds is 6. The average Bonchev–Trinajstić information content (AvgIpc) is 2.68. The fourth-order valence-electron chi connectivity index (χ4n) is 2.64. The predicted octanol–water partition coefficient (Wildman–Crippen LogP) is 4.39. The highest BCUT2D eigenvalue weighted by atomic mass is 35.5. The van der Waals surface area contributed by atoms with E-state index < -0.39 is 6.04 Å². The summed E-state index contributed by atoms with van der Waals surface area (Å²) >= 11 is 0. The Morgan fingerprint density at radius 1 is 0.769 bits per heavy atom. The molecule has 0 aliphatic heterocycles. The zero-order valence-electron chi connectivity index (χ0n) is 14.4. The number of ether oxygens (including phenoxy) is 1. The van der Waals surface area contributed by atoms with E-state index in [9.17, 15) is 4.79 Å². The van der Waals surface area contributed by atoms with Crippen LogP contribution in [0.4, 0.5) is 0 Å². The monoisotopic (exact) mass is 367 g/mol. The van der Waals surface area contributed by atoms with Gasteiger partial charge in [0.05, 0.1) is 0 Å². The molecular weight excluding hydrogens is 346 g/mol. The maximum atomic E-state index is 12.1. The molecule has 1 atom stereocenters. The molecule has 26 heavy (non-hydrogen) atoms. The van der Waals surface area contributed by atoms with Crippen molar-refractivity contribution >= 4 is 18.4 Å². The second-order valence-electron chi connectivity index (χ2n) is 5.97. The first-order valence-corrected chi connectivity index (χ1v) is 8.33. The maximum Gasteiger partial charge on any atom is 0.323 e. The van der Waals surface area contributed by atoms with Crippen LogP contribution in [-0.2, 0) is 22.6 Å². The highest BCUT2D eigenvalue weighted by Gasteiger charge is 2.15. The molecule has 3 aromatic rings. The van der Waals surface area contributed by atoms with Gasteiger partial charge in [0.15, 0.2) is 0 Å². The Balaban J connectivity index is 0.00000243. The van der Waals surface area contributed by atoms with Crippen LogP contribution in [0, 0.1) is 0 Å². The number of carbonyl (C=O) groups is 1. The molecule has 0 radical (unpaired) electrons. The van der Waals surface area contributed by atoms with Gasteiger partial charge in [-0.1, -0.05) is 84.9 Å².